The van der Waals surface area contributed by atoms with E-state index in [4.69, 9.17) is 22.1 Å². The zero-order valence-electron chi connectivity index (χ0n) is 15.5. The molecular weight excluding hydrogens is 421 g/mol. The van der Waals surface area contributed by atoms with Gasteiger partial charge in [0.15, 0.2) is 0 Å². The van der Waals surface area contributed by atoms with Crippen LogP contribution in [0.2, 0.25) is 5.02 Å². The first-order valence-electron chi connectivity index (χ1n) is 8.99. The second-order valence-corrected chi connectivity index (χ2v) is 8.95. The highest BCUT2D eigenvalue weighted by atomic mass is 35.5. The van der Waals surface area contributed by atoms with E-state index >= 15 is 0 Å². The van der Waals surface area contributed by atoms with Crippen LogP contribution in [0.1, 0.15) is 28.8 Å². The summed E-state index contributed by atoms with van der Waals surface area (Å²) in [5, 5.41) is 1.94. The predicted molar refractivity (Wildman–Crippen MR) is 110 cm³/mol. The fraction of sp³-hybridized carbons (Fsp3) is 0.316. The molecule has 0 aliphatic carbocycles. The summed E-state index contributed by atoms with van der Waals surface area (Å²) < 4.78 is 47.2. The fourth-order valence-corrected chi connectivity index (χ4v) is 4.78. The number of sulfonamides is 1. The van der Waals surface area contributed by atoms with Gasteiger partial charge in [-0.05, 0) is 42.7 Å². The molecule has 1 fully saturated rings. The lowest BCUT2D eigenvalue weighted by Crippen LogP contribution is -2.33. The Balaban J connectivity index is 1.84. The van der Waals surface area contributed by atoms with Crippen molar-refractivity contribution < 1.29 is 22.3 Å². The van der Waals surface area contributed by atoms with Crippen LogP contribution in [0.25, 0.3) is 0 Å². The molecule has 10 heteroatoms. The third-order valence-corrected chi connectivity index (χ3v) is 6.81. The number of nitrogens with two attached hydrogens (primary N) is 1. The first kappa shape index (κ1) is 21.5. The molecule has 7 nitrogen and oxygen atoms in total. The molecule has 0 unspecified atom stereocenters. The molecule has 0 aromatic heterocycles. The van der Waals surface area contributed by atoms with Crippen LogP contribution in [-0.4, -0.2) is 32.8 Å². The zero-order valence-corrected chi connectivity index (χ0v) is 17.0. The molecule has 0 saturated carbocycles. The van der Waals surface area contributed by atoms with Crippen molar-refractivity contribution in [2.24, 2.45) is 5.73 Å². The van der Waals surface area contributed by atoms with Crippen molar-refractivity contribution >= 4 is 38.9 Å². The molecule has 2 aromatic carbocycles. The number of anilines is 2. The van der Waals surface area contributed by atoms with E-state index in [0.717, 1.165) is 6.07 Å². The van der Waals surface area contributed by atoms with Gasteiger partial charge in [0.2, 0.25) is 10.0 Å². The maximum Gasteiger partial charge on any atom is 0.260 e. The predicted octanol–water partition coefficient (Wildman–Crippen LogP) is 3.11. The number of hydrogen-bond acceptors (Lipinski definition) is 5. The molecule has 1 amide bonds. The van der Waals surface area contributed by atoms with E-state index in [1.807, 2.05) is 0 Å². The summed E-state index contributed by atoms with van der Waals surface area (Å²) in [6.07, 6.45) is 0.797. The van der Waals surface area contributed by atoms with Crippen molar-refractivity contribution in [3.05, 3.63) is 58.4 Å². The quantitative estimate of drug-likeness (QED) is 0.637. The van der Waals surface area contributed by atoms with Crippen LogP contribution in [0.5, 0.6) is 0 Å². The summed E-state index contributed by atoms with van der Waals surface area (Å²) in [7, 11) is -3.66. The average Bonchev–Trinajstić information content (AvgIpc) is 2.68. The standard InChI is InChI=1S/C19H21ClFN3O4S/c20-15-2-1-3-16(21)18(15)19(25)23-13-5-4-12(11-22)17(10-13)24-29(26,27)14-6-8-28-9-7-14/h1-5,10,14,24H,6-9,11,22H2,(H,23,25). The van der Waals surface area contributed by atoms with Gasteiger partial charge in [0, 0.05) is 25.4 Å². The van der Waals surface area contributed by atoms with E-state index in [0.29, 0.717) is 31.6 Å². The van der Waals surface area contributed by atoms with Gasteiger partial charge >= 0.3 is 0 Å². The Morgan fingerprint density at radius 1 is 1.24 bits per heavy atom. The molecule has 0 atom stereocenters. The van der Waals surface area contributed by atoms with Gasteiger partial charge in [-0.15, -0.1) is 0 Å². The van der Waals surface area contributed by atoms with Gasteiger partial charge in [-0.3, -0.25) is 9.52 Å². The van der Waals surface area contributed by atoms with Gasteiger partial charge in [0.1, 0.15) is 5.82 Å². The Hall–Kier alpha value is -2.20. The Bertz CT molecular complexity index is 990. The smallest absolute Gasteiger partial charge is 0.260 e. The lowest BCUT2D eigenvalue weighted by molar-refractivity contribution is 0.0984. The van der Waals surface area contributed by atoms with E-state index in [-0.39, 0.29) is 28.5 Å². The highest BCUT2D eigenvalue weighted by Gasteiger charge is 2.28. The molecule has 1 aliphatic heterocycles. The SMILES string of the molecule is NCc1ccc(NC(=O)c2c(F)cccc2Cl)cc1NS(=O)(=O)C1CCOCC1. The molecular formula is C19H21ClFN3O4S. The number of carbonyl (C=O) groups is 1. The minimum atomic E-state index is -3.66. The maximum absolute atomic E-state index is 14.0. The van der Waals surface area contributed by atoms with Crippen molar-refractivity contribution in [3.8, 4) is 0 Å². The molecule has 2 aromatic rings. The normalized spacial score (nSPS) is 15.1. The third kappa shape index (κ3) is 5.05. The molecule has 1 aliphatic rings. The summed E-state index contributed by atoms with van der Waals surface area (Å²) in [6.45, 7) is 0.864. The Morgan fingerprint density at radius 2 is 1.97 bits per heavy atom. The van der Waals surface area contributed by atoms with Crippen molar-refractivity contribution in [3.63, 3.8) is 0 Å². The number of rotatable bonds is 6. The van der Waals surface area contributed by atoms with Crippen LogP contribution < -0.4 is 15.8 Å². The summed E-state index contributed by atoms with van der Waals surface area (Å²) in [4.78, 5) is 12.4. The van der Waals surface area contributed by atoms with E-state index in [1.54, 1.807) is 12.1 Å². The molecule has 4 N–H and O–H groups in total. The first-order valence-corrected chi connectivity index (χ1v) is 10.9. The summed E-state index contributed by atoms with van der Waals surface area (Å²) in [5.41, 5.74) is 6.52. The van der Waals surface area contributed by atoms with Gasteiger partial charge in [0.25, 0.3) is 5.91 Å². The van der Waals surface area contributed by atoms with Crippen molar-refractivity contribution in [2.45, 2.75) is 24.6 Å². The van der Waals surface area contributed by atoms with Crippen molar-refractivity contribution in [1.82, 2.24) is 0 Å². The van der Waals surface area contributed by atoms with E-state index in [1.165, 1.54) is 18.2 Å². The topological polar surface area (TPSA) is 111 Å². The Kier molecular flexibility index (Phi) is 6.74. The third-order valence-electron chi connectivity index (χ3n) is 4.64. The number of halogens is 2. The Morgan fingerprint density at radius 3 is 2.62 bits per heavy atom. The number of nitrogens with one attached hydrogen (secondary N) is 2. The van der Waals surface area contributed by atoms with Gasteiger partial charge in [0.05, 0.1) is 21.5 Å². The van der Waals surface area contributed by atoms with Crippen molar-refractivity contribution in [1.29, 1.82) is 0 Å². The van der Waals surface area contributed by atoms with Crippen LogP contribution in [0.3, 0.4) is 0 Å². The molecule has 0 radical (unpaired) electrons. The summed E-state index contributed by atoms with van der Waals surface area (Å²) in [6, 6.07) is 8.54. The largest absolute Gasteiger partial charge is 0.381 e. The molecule has 29 heavy (non-hydrogen) atoms. The minimum absolute atomic E-state index is 0.0264. The lowest BCUT2D eigenvalue weighted by Gasteiger charge is -2.23. The highest BCUT2D eigenvalue weighted by molar-refractivity contribution is 7.93. The molecule has 3 rings (SSSR count). The monoisotopic (exact) mass is 441 g/mol. The van der Waals surface area contributed by atoms with Crippen LogP contribution in [-0.2, 0) is 21.3 Å². The zero-order chi connectivity index (χ0) is 21.0. The van der Waals surface area contributed by atoms with Crippen LogP contribution in [0.4, 0.5) is 15.8 Å². The van der Waals surface area contributed by atoms with Crippen LogP contribution in [0, 0.1) is 5.82 Å². The average molecular weight is 442 g/mol. The number of ether oxygens (including phenoxy) is 1. The fourth-order valence-electron chi connectivity index (χ4n) is 3.06. The molecule has 156 valence electrons. The minimum Gasteiger partial charge on any atom is -0.381 e. The first-order chi connectivity index (χ1) is 13.8. The van der Waals surface area contributed by atoms with Crippen LogP contribution in [0.15, 0.2) is 36.4 Å². The van der Waals surface area contributed by atoms with Gasteiger partial charge in [-0.2, -0.15) is 0 Å². The Labute approximate surface area is 173 Å². The molecule has 1 heterocycles. The number of benzene rings is 2. The van der Waals surface area contributed by atoms with E-state index in [2.05, 4.69) is 10.0 Å². The summed E-state index contributed by atoms with van der Waals surface area (Å²) in [5.74, 6) is -1.50. The molecule has 0 bridgehead atoms. The maximum atomic E-state index is 14.0. The summed E-state index contributed by atoms with van der Waals surface area (Å²) >= 11 is 5.92. The van der Waals surface area contributed by atoms with Crippen molar-refractivity contribution in [2.75, 3.05) is 23.3 Å². The molecule has 0 spiro atoms. The van der Waals surface area contributed by atoms with Gasteiger partial charge < -0.3 is 15.8 Å². The van der Waals surface area contributed by atoms with Crippen LogP contribution >= 0.6 is 11.6 Å². The van der Waals surface area contributed by atoms with E-state index < -0.39 is 27.0 Å². The number of carbonyl (C=O) groups excluding carboxylic acids is 1. The highest BCUT2D eigenvalue weighted by Crippen LogP contribution is 2.26. The second kappa shape index (κ2) is 9.08. The van der Waals surface area contributed by atoms with E-state index in [9.17, 15) is 17.6 Å². The van der Waals surface area contributed by atoms with Gasteiger partial charge in [-0.1, -0.05) is 23.7 Å². The van der Waals surface area contributed by atoms with Gasteiger partial charge in [-0.25, -0.2) is 12.8 Å². The lowest BCUT2D eigenvalue weighted by atomic mass is 10.1. The second-order valence-electron chi connectivity index (χ2n) is 6.59. The number of hydrogen-bond donors (Lipinski definition) is 3. The molecule has 1 saturated heterocycles. The number of amides is 1.